The summed E-state index contributed by atoms with van der Waals surface area (Å²) in [6.07, 6.45) is 2.70. The Morgan fingerprint density at radius 2 is 1.95 bits per heavy atom. The Labute approximate surface area is 143 Å². The Morgan fingerprint density at radius 3 is 2.67 bits per heavy atom. The summed E-state index contributed by atoms with van der Waals surface area (Å²) >= 11 is 15.5. The van der Waals surface area contributed by atoms with Gasteiger partial charge in [-0.1, -0.05) is 36.2 Å². The van der Waals surface area contributed by atoms with E-state index in [1.165, 1.54) is 0 Å². The molecular weight excluding hydrogens is 373 g/mol. The van der Waals surface area contributed by atoms with Gasteiger partial charge < -0.3 is 5.32 Å². The van der Waals surface area contributed by atoms with Gasteiger partial charge in [0, 0.05) is 29.1 Å². The highest BCUT2D eigenvalue weighted by Crippen LogP contribution is 2.21. The first-order valence-corrected chi connectivity index (χ1v) is 8.34. The number of anilines is 1. The van der Waals surface area contributed by atoms with Gasteiger partial charge in [-0.05, 0) is 46.5 Å². The van der Waals surface area contributed by atoms with Gasteiger partial charge in [0.15, 0.2) is 0 Å². The van der Waals surface area contributed by atoms with Crippen LogP contribution in [0.25, 0.3) is 0 Å². The van der Waals surface area contributed by atoms with Crippen molar-refractivity contribution in [2.24, 2.45) is 0 Å². The maximum atomic E-state index is 6.16. The van der Waals surface area contributed by atoms with Gasteiger partial charge in [0.05, 0.1) is 0 Å². The minimum atomic E-state index is 0.653. The molecule has 0 saturated heterocycles. The van der Waals surface area contributed by atoms with Gasteiger partial charge in [0.2, 0.25) is 0 Å². The third-order valence-electron chi connectivity index (χ3n) is 2.93. The molecule has 21 heavy (non-hydrogen) atoms. The molecule has 2 rings (SSSR count). The first kappa shape index (κ1) is 16.5. The lowest BCUT2D eigenvalue weighted by atomic mass is 10.1. The van der Waals surface area contributed by atoms with E-state index in [0.29, 0.717) is 10.0 Å². The highest BCUT2D eigenvalue weighted by Gasteiger charge is 2.04. The number of halogens is 3. The van der Waals surface area contributed by atoms with Crippen molar-refractivity contribution in [2.45, 2.75) is 26.2 Å². The van der Waals surface area contributed by atoms with Gasteiger partial charge in [-0.15, -0.1) is 0 Å². The van der Waals surface area contributed by atoms with E-state index in [1.807, 2.05) is 18.2 Å². The van der Waals surface area contributed by atoms with E-state index in [0.717, 1.165) is 47.6 Å². The SMILES string of the molecule is CCCc1nc(Br)cc(NCCc2ccc(Cl)cc2Cl)n1. The number of hydrogen-bond donors (Lipinski definition) is 1. The molecule has 3 nitrogen and oxygen atoms in total. The van der Waals surface area contributed by atoms with Crippen LogP contribution >= 0.6 is 39.1 Å². The molecular formula is C15H16BrCl2N3. The molecule has 1 aromatic heterocycles. The minimum Gasteiger partial charge on any atom is -0.370 e. The van der Waals surface area contributed by atoms with Gasteiger partial charge in [-0.3, -0.25) is 0 Å². The van der Waals surface area contributed by atoms with E-state index in [2.05, 4.69) is 38.1 Å². The summed E-state index contributed by atoms with van der Waals surface area (Å²) in [4.78, 5) is 8.83. The molecule has 2 aromatic rings. The quantitative estimate of drug-likeness (QED) is 0.695. The number of nitrogens with zero attached hydrogens (tertiary/aromatic N) is 2. The fourth-order valence-corrected chi connectivity index (χ4v) is 2.86. The van der Waals surface area contributed by atoms with Crippen molar-refractivity contribution in [3.8, 4) is 0 Å². The van der Waals surface area contributed by atoms with Crippen LogP contribution in [-0.4, -0.2) is 16.5 Å². The molecule has 1 heterocycles. The van der Waals surface area contributed by atoms with Crippen LogP contribution in [0.4, 0.5) is 5.82 Å². The molecule has 0 aliphatic rings. The summed E-state index contributed by atoms with van der Waals surface area (Å²) in [5.74, 6) is 1.67. The molecule has 1 aromatic carbocycles. The number of aromatic nitrogens is 2. The van der Waals surface area contributed by atoms with Crippen LogP contribution in [-0.2, 0) is 12.8 Å². The Hall–Kier alpha value is -0.840. The van der Waals surface area contributed by atoms with Crippen LogP contribution in [0.5, 0.6) is 0 Å². The van der Waals surface area contributed by atoms with Crippen LogP contribution in [0, 0.1) is 0 Å². The lowest BCUT2D eigenvalue weighted by Gasteiger charge is -2.09. The second-order valence-electron chi connectivity index (χ2n) is 4.65. The van der Waals surface area contributed by atoms with E-state index >= 15 is 0 Å². The van der Waals surface area contributed by atoms with Crippen molar-refractivity contribution in [3.05, 3.63) is 50.3 Å². The van der Waals surface area contributed by atoms with Crippen molar-refractivity contribution < 1.29 is 0 Å². The van der Waals surface area contributed by atoms with Crippen LogP contribution < -0.4 is 5.32 Å². The fourth-order valence-electron chi connectivity index (χ4n) is 1.94. The Morgan fingerprint density at radius 1 is 1.14 bits per heavy atom. The number of benzene rings is 1. The zero-order valence-electron chi connectivity index (χ0n) is 11.7. The zero-order valence-corrected chi connectivity index (χ0v) is 14.8. The lowest BCUT2D eigenvalue weighted by Crippen LogP contribution is -2.08. The van der Waals surface area contributed by atoms with Crippen LogP contribution in [0.15, 0.2) is 28.9 Å². The monoisotopic (exact) mass is 387 g/mol. The third-order valence-corrected chi connectivity index (χ3v) is 3.92. The molecule has 0 atom stereocenters. The molecule has 0 fully saturated rings. The topological polar surface area (TPSA) is 37.8 Å². The lowest BCUT2D eigenvalue weighted by molar-refractivity contribution is 0.827. The number of aryl methyl sites for hydroxylation is 1. The van der Waals surface area contributed by atoms with Crippen molar-refractivity contribution in [1.82, 2.24) is 9.97 Å². The molecule has 0 radical (unpaired) electrons. The largest absolute Gasteiger partial charge is 0.370 e. The Kier molecular flexibility index (Phi) is 6.27. The van der Waals surface area contributed by atoms with Gasteiger partial charge in [0.25, 0.3) is 0 Å². The summed E-state index contributed by atoms with van der Waals surface area (Å²) in [5.41, 5.74) is 1.07. The summed E-state index contributed by atoms with van der Waals surface area (Å²) in [5, 5.41) is 4.65. The smallest absolute Gasteiger partial charge is 0.132 e. The van der Waals surface area contributed by atoms with Gasteiger partial charge in [-0.2, -0.15) is 0 Å². The highest BCUT2D eigenvalue weighted by molar-refractivity contribution is 9.10. The molecule has 0 bridgehead atoms. The highest BCUT2D eigenvalue weighted by atomic mass is 79.9. The first-order chi connectivity index (χ1) is 10.1. The van der Waals surface area contributed by atoms with E-state index in [-0.39, 0.29) is 0 Å². The van der Waals surface area contributed by atoms with Gasteiger partial charge in [-0.25, -0.2) is 9.97 Å². The van der Waals surface area contributed by atoms with Crippen molar-refractivity contribution >= 4 is 44.9 Å². The second-order valence-corrected chi connectivity index (χ2v) is 6.31. The predicted molar refractivity (Wildman–Crippen MR) is 92.4 cm³/mol. The number of hydrogen-bond acceptors (Lipinski definition) is 3. The normalized spacial score (nSPS) is 10.7. The zero-order chi connectivity index (χ0) is 15.2. The summed E-state index contributed by atoms with van der Waals surface area (Å²) in [7, 11) is 0. The molecule has 0 spiro atoms. The summed E-state index contributed by atoms with van der Waals surface area (Å²) < 4.78 is 0.799. The van der Waals surface area contributed by atoms with E-state index in [9.17, 15) is 0 Å². The van der Waals surface area contributed by atoms with Crippen molar-refractivity contribution in [2.75, 3.05) is 11.9 Å². The molecule has 0 amide bonds. The predicted octanol–water partition coefficient (Wildman–Crippen LogP) is 5.15. The molecule has 6 heteroatoms. The fraction of sp³-hybridized carbons (Fsp3) is 0.333. The number of nitrogens with one attached hydrogen (secondary N) is 1. The molecule has 0 unspecified atom stereocenters. The van der Waals surface area contributed by atoms with E-state index in [1.54, 1.807) is 6.07 Å². The molecule has 1 N–H and O–H groups in total. The minimum absolute atomic E-state index is 0.653. The van der Waals surface area contributed by atoms with Crippen LogP contribution in [0.3, 0.4) is 0 Å². The molecule has 0 aliphatic carbocycles. The maximum absolute atomic E-state index is 6.16. The Balaban J connectivity index is 1.96. The van der Waals surface area contributed by atoms with Crippen molar-refractivity contribution in [1.29, 1.82) is 0 Å². The average molecular weight is 389 g/mol. The second kappa shape index (κ2) is 7.97. The van der Waals surface area contributed by atoms with Crippen LogP contribution in [0.1, 0.15) is 24.7 Å². The molecule has 0 aliphatic heterocycles. The molecule has 112 valence electrons. The van der Waals surface area contributed by atoms with Crippen LogP contribution in [0.2, 0.25) is 10.0 Å². The standard InChI is InChI=1S/C15H16BrCl2N3/c1-2-3-14-20-13(16)9-15(21-14)19-7-6-10-4-5-11(17)8-12(10)18/h4-5,8-9H,2-3,6-7H2,1H3,(H,19,20,21). The van der Waals surface area contributed by atoms with E-state index < -0.39 is 0 Å². The van der Waals surface area contributed by atoms with Gasteiger partial charge in [0.1, 0.15) is 16.2 Å². The third kappa shape index (κ3) is 5.13. The number of rotatable bonds is 6. The maximum Gasteiger partial charge on any atom is 0.132 e. The summed E-state index contributed by atoms with van der Waals surface area (Å²) in [6.45, 7) is 2.86. The first-order valence-electron chi connectivity index (χ1n) is 6.79. The summed E-state index contributed by atoms with van der Waals surface area (Å²) in [6, 6.07) is 7.44. The average Bonchev–Trinajstić information content (AvgIpc) is 2.41. The Bertz CT molecular complexity index is 620. The van der Waals surface area contributed by atoms with E-state index in [4.69, 9.17) is 23.2 Å². The van der Waals surface area contributed by atoms with Gasteiger partial charge >= 0.3 is 0 Å². The van der Waals surface area contributed by atoms with Crippen molar-refractivity contribution in [3.63, 3.8) is 0 Å². The molecule has 0 saturated carbocycles.